The fraction of sp³-hybridized carbons (Fsp3) is 0.143. The van der Waals surface area contributed by atoms with Gasteiger partial charge in [-0.05, 0) is 30.3 Å². The van der Waals surface area contributed by atoms with Gasteiger partial charge in [-0.3, -0.25) is 0 Å². The van der Waals surface area contributed by atoms with Crippen molar-refractivity contribution >= 4 is 17.9 Å². The van der Waals surface area contributed by atoms with Crippen molar-refractivity contribution in [3.63, 3.8) is 0 Å². The summed E-state index contributed by atoms with van der Waals surface area (Å²) in [6, 6.07) is 30.1. The second-order valence-electron chi connectivity index (χ2n) is 5.83. The van der Waals surface area contributed by atoms with E-state index in [0.29, 0.717) is 0 Å². The molecule has 0 N–H and O–H groups in total. The average molecular weight is 321 g/mol. The van der Waals surface area contributed by atoms with Crippen LogP contribution >= 0.6 is 7.26 Å². The van der Waals surface area contributed by atoms with E-state index >= 15 is 0 Å². The largest absolute Gasteiger partial charge is 0.496 e. The second-order valence-corrected chi connectivity index (χ2v) is 9.56. The highest BCUT2D eigenvalue weighted by molar-refractivity contribution is 7.88. The highest BCUT2D eigenvalue weighted by atomic mass is 31.2. The third kappa shape index (κ3) is 3.30. The Morgan fingerprint density at radius 2 is 1.17 bits per heavy atom. The van der Waals surface area contributed by atoms with E-state index in [-0.39, 0.29) is 0 Å². The van der Waals surface area contributed by atoms with Crippen LogP contribution in [0, 0.1) is 0 Å². The number of ether oxygens (including phenoxy) is 1. The van der Waals surface area contributed by atoms with Gasteiger partial charge in [-0.1, -0.05) is 54.6 Å². The van der Waals surface area contributed by atoms with Crippen LogP contribution in [0.4, 0.5) is 0 Å². The van der Waals surface area contributed by atoms with E-state index in [4.69, 9.17) is 4.74 Å². The van der Waals surface area contributed by atoms with E-state index in [9.17, 15) is 0 Å². The highest BCUT2D eigenvalue weighted by Gasteiger charge is 2.38. The topological polar surface area (TPSA) is 9.23 Å². The Morgan fingerprint density at radius 1 is 0.696 bits per heavy atom. The molecule has 0 aliphatic carbocycles. The summed E-state index contributed by atoms with van der Waals surface area (Å²) in [6.45, 7) is 2.42. The molecule has 0 aliphatic rings. The first-order valence-corrected chi connectivity index (χ1v) is 10.2. The molecule has 0 amide bonds. The van der Waals surface area contributed by atoms with E-state index in [1.165, 1.54) is 16.2 Å². The molecule has 1 nitrogen and oxygen atoms in total. The van der Waals surface area contributed by atoms with Crippen molar-refractivity contribution in [1.82, 2.24) is 0 Å². The first kappa shape index (κ1) is 15.8. The molecule has 0 saturated heterocycles. The molecule has 0 fully saturated rings. The Morgan fingerprint density at radius 3 is 1.70 bits per heavy atom. The van der Waals surface area contributed by atoms with Crippen LogP contribution in [-0.4, -0.2) is 13.8 Å². The molecule has 116 valence electrons. The van der Waals surface area contributed by atoms with Crippen molar-refractivity contribution in [2.24, 2.45) is 0 Å². The number of hydrogen-bond donors (Lipinski definition) is 0. The van der Waals surface area contributed by atoms with Gasteiger partial charge in [-0.25, -0.2) is 0 Å². The lowest BCUT2D eigenvalue weighted by atomic mass is 10.2. The molecule has 0 spiro atoms. The molecule has 0 heterocycles. The average Bonchev–Trinajstić information content (AvgIpc) is 2.63. The summed E-state index contributed by atoms with van der Waals surface area (Å²) < 4.78 is 5.58. The van der Waals surface area contributed by atoms with Crippen molar-refractivity contribution in [2.45, 2.75) is 6.16 Å². The summed E-state index contributed by atoms with van der Waals surface area (Å²) in [5.41, 5.74) is 1.28. The van der Waals surface area contributed by atoms with Crippen LogP contribution in [0.25, 0.3) is 0 Å². The van der Waals surface area contributed by atoms with Gasteiger partial charge in [-0.15, -0.1) is 0 Å². The SMILES string of the molecule is COc1ccccc1C[P+](C)(c1ccccc1)c1ccccc1. The molecule has 0 aromatic heterocycles. The van der Waals surface area contributed by atoms with Crippen LogP contribution in [0.5, 0.6) is 5.75 Å². The zero-order chi connectivity index (χ0) is 16.1. The summed E-state index contributed by atoms with van der Waals surface area (Å²) in [6.07, 6.45) is 1.00. The van der Waals surface area contributed by atoms with Gasteiger partial charge in [0.25, 0.3) is 0 Å². The summed E-state index contributed by atoms with van der Waals surface area (Å²) in [5, 5.41) is 2.86. The summed E-state index contributed by atoms with van der Waals surface area (Å²) in [7, 11) is 0.234. The maximum atomic E-state index is 5.58. The van der Waals surface area contributed by atoms with E-state index in [1.807, 2.05) is 6.07 Å². The van der Waals surface area contributed by atoms with E-state index in [1.54, 1.807) is 7.11 Å². The Kier molecular flexibility index (Phi) is 4.79. The monoisotopic (exact) mass is 321 g/mol. The molecule has 0 bridgehead atoms. The van der Waals surface area contributed by atoms with E-state index in [2.05, 4.69) is 85.5 Å². The predicted octanol–water partition coefficient (Wildman–Crippen LogP) is 4.49. The minimum Gasteiger partial charge on any atom is -0.496 e. The van der Waals surface area contributed by atoms with Crippen molar-refractivity contribution < 1.29 is 4.74 Å². The van der Waals surface area contributed by atoms with Crippen LogP contribution in [0.3, 0.4) is 0 Å². The lowest BCUT2D eigenvalue weighted by molar-refractivity contribution is 0.411. The Balaban J connectivity index is 2.10. The third-order valence-electron chi connectivity index (χ3n) is 4.33. The van der Waals surface area contributed by atoms with Crippen molar-refractivity contribution in [3.05, 3.63) is 90.5 Å². The first-order chi connectivity index (χ1) is 11.2. The van der Waals surface area contributed by atoms with Gasteiger partial charge in [-0.2, -0.15) is 0 Å². The van der Waals surface area contributed by atoms with E-state index in [0.717, 1.165) is 11.9 Å². The molecular formula is C21H22OP+. The minimum absolute atomic E-state index is 0.977. The van der Waals surface area contributed by atoms with Crippen molar-refractivity contribution in [2.75, 3.05) is 13.8 Å². The zero-order valence-corrected chi connectivity index (χ0v) is 14.5. The van der Waals surface area contributed by atoms with Gasteiger partial charge in [0.15, 0.2) is 0 Å². The van der Waals surface area contributed by atoms with Gasteiger partial charge in [0, 0.05) is 5.56 Å². The fourth-order valence-corrected chi connectivity index (χ4v) is 6.29. The standard InChI is InChI=1S/C21H22OP/c1-22-21-16-10-9-11-18(21)17-23(2,19-12-5-3-6-13-19)20-14-7-4-8-15-20/h3-16H,17H2,1-2H3/q+1. The van der Waals surface area contributed by atoms with Crippen molar-refractivity contribution in [1.29, 1.82) is 0 Å². The zero-order valence-electron chi connectivity index (χ0n) is 13.6. The number of rotatable bonds is 5. The van der Waals surface area contributed by atoms with Crippen LogP contribution in [0.15, 0.2) is 84.9 Å². The van der Waals surface area contributed by atoms with Crippen LogP contribution < -0.4 is 15.3 Å². The predicted molar refractivity (Wildman–Crippen MR) is 102 cm³/mol. The summed E-state index contributed by atoms with van der Waals surface area (Å²) in [4.78, 5) is 0. The Hall–Kier alpha value is -2.11. The fourth-order valence-electron chi connectivity index (χ4n) is 3.02. The quantitative estimate of drug-likeness (QED) is 0.629. The lowest BCUT2D eigenvalue weighted by Crippen LogP contribution is -2.23. The molecule has 3 rings (SSSR count). The number of para-hydroxylation sites is 1. The van der Waals surface area contributed by atoms with Gasteiger partial charge in [0.1, 0.15) is 5.75 Å². The molecule has 3 aromatic carbocycles. The number of hydrogen-bond acceptors (Lipinski definition) is 1. The minimum atomic E-state index is -1.52. The van der Waals surface area contributed by atoms with Gasteiger partial charge >= 0.3 is 0 Å². The molecule has 0 saturated carbocycles. The molecule has 2 heteroatoms. The normalized spacial score (nSPS) is 11.2. The number of methoxy groups -OCH3 is 1. The summed E-state index contributed by atoms with van der Waals surface area (Å²) >= 11 is 0. The second kappa shape index (κ2) is 6.98. The molecule has 0 aliphatic heterocycles. The molecule has 0 unspecified atom stereocenters. The van der Waals surface area contributed by atoms with E-state index < -0.39 is 7.26 Å². The van der Waals surface area contributed by atoms with Gasteiger partial charge in [0.05, 0.1) is 37.8 Å². The smallest absolute Gasteiger partial charge is 0.125 e. The highest BCUT2D eigenvalue weighted by Crippen LogP contribution is 2.56. The molecular weight excluding hydrogens is 299 g/mol. The Labute approximate surface area is 139 Å². The number of benzene rings is 3. The van der Waals surface area contributed by atoms with Gasteiger partial charge in [0.2, 0.25) is 0 Å². The molecule has 3 aromatic rings. The first-order valence-electron chi connectivity index (χ1n) is 7.83. The van der Waals surface area contributed by atoms with Crippen molar-refractivity contribution in [3.8, 4) is 5.75 Å². The molecule has 0 radical (unpaired) electrons. The van der Waals surface area contributed by atoms with Crippen LogP contribution in [0.2, 0.25) is 0 Å². The lowest BCUT2D eigenvalue weighted by Gasteiger charge is -2.24. The third-order valence-corrected chi connectivity index (χ3v) is 8.18. The maximum absolute atomic E-state index is 5.58. The maximum Gasteiger partial charge on any atom is 0.125 e. The van der Waals surface area contributed by atoms with Crippen LogP contribution in [0.1, 0.15) is 5.56 Å². The molecule has 23 heavy (non-hydrogen) atoms. The molecule has 0 atom stereocenters. The summed E-state index contributed by atoms with van der Waals surface area (Å²) in [5.74, 6) is 0.977. The van der Waals surface area contributed by atoms with Crippen LogP contribution in [-0.2, 0) is 6.16 Å². The van der Waals surface area contributed by atoms with Gasteiger partial charge < -0.3 is 4.74 Å². The Bertz CT molecular complexity index is 714.